The molecule has 1 heterocycles. The van der Waals surface area contributed by atoms with Crippen molar-refractivity contribution in [2.45, 2.75) is 32.7 Å². The second-order valence-electron chi connectivity index (χ2n) is 3.36. The maximum atomic E-state index is 8.79. The quantitative estimate of drug-likeness (QED) is 0.646. The molecule has 0 fully saturated rings. The van der Waals surface area contributed by atoms with Crippen molar-refractivity contribution in [3.8, 4) is 6.07 Å². The number of nitrogens with zero attached hydrogens (tertiary/aromatic N) is 2. The molecule has 0 aromatic heterocycles. The van der Waals surface area contributed by atoms with Gasteiger partial charge in [0.05, 0.1) is 5.57 Å². The van der Waals surface area contributed by atoms with Crippen LogP contribution >= 0.6 is 0 Å². The average molecular weight is 176 g/mol. The van der Waals surface area contributed by atoms with E-state index < -0.39 is 0 Å². The maximum absolute atomic E-state index is 8.79. The minimum absolute atomic E-state index is 0.488. The molecule has 0 N–H and O–H groups in total. The van der Waals surface area contributed by atoms with Crippen LogP contribution in [0.15, 0.2) is 23.4 Å². The first-order valence-electron chi connectivity index (χ1n) is 4.77. The number of likely N-dealkylation sites (N-methyl/N-ethyl adjacent to an activating group) is 1. The van der Waals surface area contributed by atoms with Gasteiger partial charge in [0.1, 0.15) is 6.07 Å². The van der Waals surface area contributed by atoms with Gasteiger partial charge in [-0.2, -0.15) is 5.26 Å². The highest BCUT2D eigenvalue weighted by atomic mass is 15.1. The second-order valence-corrected chi connectivity index (χ2v) is 3.36. The van der Waals surface area contributed by atoms with Gasteiger partial charge in [0.25, 0.3) is 0 Å². The fourth-order valence-corrected chi connectivity index (χ4v) is 1.85. The zero-order valence-electron chi connectivity index (χ0n) is 8.54. The first kappa shape index (κ1) is 9.85. The standard InChI is InChI=1S/C11H16N2/c1-4-10-6-9(7-12)8-13(3)11(10)5-2/h6,8,11H,4-5H2,1-3H3. The van der Waals surface area contributed by atoms with Crippen LogP contribution in [0.5, 0.6) is 0 Å². The fourth-order valence-electron chi connectivity index (χ4n) is 1.85. The lowest BCUT2D eigenvalue weighted by atomic mass is 9.96. The van der Waals surface area contributed by atoms with Crippen molar-refractivity contribution in [1.29, 1.82) is 5.26 Å². The topological polar surface area (TPSA) is 27.0 Å². The van der Waals surface area contributed by atoms with E-state index in [2.05, 4.69) is 24.8 Å². The molecule has 0 bridgehead atoms. The molecule has 0 radical (unpaired) electrons. The second kappa shape index (κ2) is 4.13. The van der Waals surface area contributed by atoms with Crippen LogP contribution in [0.2, 0.25) is 0 Å². The molecule has 0 aromatic carbocycles. The van der Waals surface area contributed by atoms with Crippen LogP contribution < -0.4 is 0 Å². The highest BCUT2D eigenvalue weighted by Crippen LogP contribution is 2.23. The van der Waals surface area contributed by atoms with Gasteiger partial charge in [0.15, 0.2) is 0 Å². The molecular weight excluding hydrogens is 160 g/mol. The lowest BCUT2D eigenvalue weighted by Crippen LogP contribution is -2.30. The van der Waals surface area contributed by atoms with Crippen molar-refractivity contribution < 1.29 is 0 Å². The zero-order chi connectivity index (χ0) is 9.84. The fraction of sp³-hybridized carbons (Fsp3) is 0.545. The Hall–Kier alpha value is -1.23. The zero-order valence-corrected chi connectivity index (χ0v) is 8.54. The largest absolute Gasteiger partial charge is 0.373 e. The van der Waals surface area contributed by atoms with E-state index in [0.717, 1.165) is 18.4 Å². The number of nitriles is 1. The minimum atomic E-state index is 0.488. The summed E-state index contributed by atoms with van der Waals surface area (Å²) in [5, 5.41) is 8.79. The van der Waals surface area contributed by atoms with Crippen molar-refractivity contribution in [2.75, 3.05) is 7.05 Å². The van der Waals surface area contributed by atoms with Gasteiger partial charge < -0.3 is 4.90 Å². The Morgan fingerprint density at radius 3 is 2.69 bits per heavy atom. The molecule has 1 rings (SSSR count). The lowest BCUT2D eigenvalue weighted by molar-refractivity contribution is 0.348. The van der Waals surface area contributed by atoms with Crippen LogP contribution in [0, 0.1) is 11.3 Å². The Bertz CT molecular complexity index is 281. The number of hydrogen-bond acceptors (Lipinski definition) is 2. The molecule has 0 saturated heterocycles. The minimum Gasteiger partial charge on any atom is -0.373 e. The Labute approximate surface area is 80.2 Å². The summed E-state index contributed by atoms with van der Waals surface area (Å²) in [6, 6.07) is 2.67. The molecule has 1 unspecified atom stereocenters. The number of allylic oxidation sites excluding steroid dienone is 2. The average Bonchev–Trinajstić information content (AvgIpc) is 2.16. The third-order valence-electron chi connectivity index (χ3n) is 2.53. The first-order valence-corrected chi connectivity index (χ1v) is 4.77. The maximum Gasteiger partial charge on any atom is 0.101 e. The molecule has 13 heavy (non-hydrogen) atoms. The Balaban J connectivity index is 2.94. The van der Waals surface area contributed by atoms with Crippen LogP contribution in [0.25, 0.3) is 0 Å². The Morgan fingerprint density at radius 1 is 1.54 bits per heavy atom. The highest BCUT2D eigenvalue weighted by molar-refractivity contribution is 5.39. The van der Waals surface area contributed by atoms with Crippen LogP contribution in [0.1, 0.15) is 26.7 Å². The Morgan fingerprint density at radius 2 is 2.23 bits per heavy atom. The van der Waals surface area contributed by atoms with E-state index >= 15 is 0 Å². The van der Waals surface area contributed by atoms with Gasteiger partial charge in [-0.3, -0.25) is 0 Å². The van der Waals surface area contributed by atoms with Crippen molar-refractivity contribution in [3.63, 3.8) is 0 Å². The van der Waals surface area contributed by atoms with Crippen molar-refractivity contribution >= 4 is 0 Å². The monoisotopic (exact) mass is 176 g/mol. The summed E-state index contributed by atoms with van der Waals surface area (Å²) < 4.78 is 0. The summed E-state index contributed by atoms with van der Waals surface area (Å²) in [5.74, 6) is 0. The number of hydrogen-bond donors (Lipinski definition) is 0. The summed E-state index contributed by atoms with van der Waals surface area (Å²) in [6.07, 6.45) is 6.08. The van der Waals surface area contributed by atoms with Gasteiger partial charge in [-0.15, -0.1) is 0 Å². The molecular formula is C11H16N2. The number of rotatable bonds is 2. The van der Waals surface area contributed by atoms with Gasteiger partial charge in [0, 0.05) is 19.3 Å². The summed E-state index contributed by atoms with van der Waals surface area (Å²) in [4.78, 5) is 2.14. The summed E-state index contributed by atoms with van der Waals surface area (Å²) in [7, 11) is 2.04. The van der Waals surface area contributed by atoms with E-state index in [4.69, 9.17) is 5.26 Å². The molecule has 70 valence electrons. The van der Waals surface area contributed by atoms with Gasteiger partial charge >= 0.3 is 0 Å². The molecule has 2 heteroatoms. The van der Waals surface area contributed by atoms with Gasteiger partial charge in [-0.05, 0) is 24.5 Å². The smallest absolute Gasteiger partial charge is 0.101 e. The molecule has 1 aliphatic rings. The van der Waals surface area contributed by atoms with E-state index in [0.29, 0.717) is 6.04 Å². The Kier molecular flexibility index (Phi) is 3.13. The molecule has 1 atom stereocenters. The van der Waals surface area contributed by atoms with Crippen LogP contribution in [-0.2, 0) is 0 Å². The van der Waals surface area contributed by atoms with Crippen molar-refractivity contribution in [2.24, 2.45) is 0 Å². The van der Waals surface area contributed by atoms with E-state index in [1.165, 1.54) is 5.57 Å². The summed E-state index contributed by atoms with van der Waals surface area (Å²) >= 11 is 0. The summed E-state index contributed by atoms with van der Waals surface area (Å²) in [5.41, 5.74) is 2.13. The highest BCUT2D eigenvalue weighted by Gasteiger charge is 2.18. The van der Waals surface area contributed by atoms with E-state index in [1.54, 1.807) is 0 Å². The van der Waals surface area contributed by atoms with E-state index in [9.17, 15) is 0 Å². The third-order valence-corrected chi connectivity index (χ3v) is 2.53. The van der Waals surface area contributed by atoms with E-state index in [1.807, 2.05) is 19.3 Å². The molecule has 2 nitrogen and oxygen atoms in total. The van der Waals surface area contributed by atoms with Crippen LogP contribution in [0.3, 0.4) is 0 Å². The van der Waals surface area contributed by atoms with Gasteiger partial charge in [0.2, 0.25) is 0 Å². The van der Waals surface area contributed by atoms with Crippen LogP contribution in [-0.4, -0.2) is 18.0 Å². The molecule has 0 saturated carbocycles. The molecule has 0 amide bonds. The lowest BCUT2D eigenvalue weighted by Gasteiger charge is -2.31. The van der Waals surface area contributed by atoms with Crippen molar-refractivity contribution in [1.82, 2.24) is 4.90 Å². The predicted molar refractivity (Wildman–Crippen MR) is 53.9 cm³/mol. The SMILES string of the molecule is CCC1=CC(C#N)=CN(C)C1CC. The van der Waals surface area contributed by atoms with Gasteiger partial charge in [-0.25, -0.2) is 0 Å². The third kappa shape index (κ3) is 1.92. The van der Waals surface area contributed by atoms with Gasteiger partial charge in [-0.1, -0.05) is 13.8 Å². The predicted octanol–water partition coefficient (Wildman–Crippen LogP) is 2.45. The van der Waals surface area contributed by atoms with E-state index in [-0.39, 0.29) is 0 Å². The molecule has 1 aliphatic heterocycles. The molecule has 0 aromatic rings. The van der Waals surface area contributed by atoms with Crippen LogP contribution in [0.4, 0.5) is 0 Å². The molecule has 0 spiro atoms. The van der Waals surface area contributed by atoms with Crippen molar-refractivity contribution in [3.05, 3.63) is 23.4 Å². The summed E-state index contributed by atoms with van der Waals surface area (Å²) in [6.45, 7) is 4.32. The first-order chi connectivity index (χ1) is 6.22. The molecule has 0 aliphatic carbocycles. The normalized spacial score (nSPS) is 22.0.